The van der Waals surface area contributed by atoms with Gasteiger partial charge in [0, 0.05) is 6.54 Å². The van der Waals surface area contributed by atoms with Gasteiger partial charge in [0.15, 0.2) is 6.61 Å². The maximum Gasteiger partial charge on any atom is 0.329 e. The zero-order valence-corrected chi connectivity index (χ0v) is 15.1. The fraction of sp³-hybridized carbons (Fsp3) is 0.706. The summed E-state index contributed by atoms with van der Waals surface area (Å²) >= 11 is 0. The van der Waals surface area contributed by atoms with E-state index in [9.17, 15) is 24.0 Å². The summed E-state index contributed by atoms with van der Waals surface area (Å²) in [5, 5.41) is 4.47. The lowest BCUT2D eigenvalue weighted by molar-refractivity contribution is -0.159. The number of rotatable bonds is 6. The predicted molar refractivity (Wildman–Crippen MR) is 89.6 cm³/mol. The summed E-state index contributed by atoms with van der Waals surface area (Å²) in [5.41, 5.74) is 0. The molecule has 3 atom stereocenters. The Bertz CT molecular complexity index is 581. The van der Waals surface area contributed by atoms with Gasteiger partial charge < -0.3 is 10.1 Å². The summed E-state index contributed by atoms with van der Waals surface area (Å²) in [4.78, 5) is 60.9. The molecular formula is C17H25N3O6. The van der Waals surface area contributed by atoms with Gasteiger partial charge in [-0.2, -0.15) is 0 Å². The highest BCUT2D eigenvalue weighted by Gasteiger charge is 2.51. The Hall–Kier alpha value is -2.45. The molecule has 0 spiro atoms. The van der Waals surface area contributed by atoms with Crippen LogP contribution in [0.5, 0.6) is 0 Å². The highest BCUT2D eigenvalue weighted by Crippen LogP contribution is 2.38. The molecule has 9 nitrogen and oxygen atoms in total. The predicted octanol–water partition coefficient (Wildman–Crippen LogP) is 0.329. The smallest absolute Gasteiger partial charge is 0.329 e. The number of carbonyl (C=O) groups is 5. The van der Waals surface area contributed by atoms with E-state index in [1.165, 1.54) is 6.92 Å². The number of nitrogens with one attached hydrogen (secondary N) is 2. The van der Waals surface area contributed by atoms with Crippen LogP contribution in [-0.4, -0.2) is 53.8 Å². The van der Waals surface area contributed by atoms with Gasteiger partial charge in [0.1, 0.15) is 6.04 Å². The lowest BCUT2D eigenvalue weighted by Gasteiger charge is -2.21. The van der Waals surface area contributed by atoms with E-state index in [2.05, 4.69) is 5.32 Å². The Morgan fingerprint density at radius 3 is 2.27 bits per heavy atom. The lowest BCUT2D eigenvalue weighted by atomic mass is 9.81. The quantitative estimate of drug-likeness (QED) is 0.515. The third-order valence-corrected chi connectivity index (χ3v) is 4.74. The molecule has 2 fully saturated rings. The van der Waals surface area contributed by atoms with Crippen molar-refractivity contribution in [1.29, 1.82) is 0 Å². The Morgan fingerprint density at radius 2 is 1.73 bits per heavy atom. The summed E-state index contributed by atoms with van der Waals surface area (Å²) < 4.78 is 4.86. The molecule has 0 unspecified atom stereocenters. The highest BCUT2D eigenvalue weighted by molar-refractivity contribution is 6.08. The number of urea groups is 1. The number of nitrogens with zero attached hydrogens (tertiary/aromatic N) is 1. The molecule has 1 aliphatic carbocycles. The monoisotopic (exact) mass is 367 g/mol. The van der Waals surface area contributed by atoms with Gasteiger partial charge in [0.05, 0.1) is 11.8 Å². The first kappa shape index (κ1) is 19.9. The normalized spacial score (nSPS) is 23.2. The van der Waals surface area contributed by atoms with Crippen LogP contribution in [-0.2, 0) is 23.9 Å². The fourth-order valence-electron chi connectivity index (χ4n) is 3.38. The van der Waals surface area contributed by atoms with Gasteiger partial charge >= 0.3 is 12.0 Å². The third kappa shape index (κ3) is 4.39. The molecule has 0 aromatic rings. The first-order valence-corrected chi connectivity index (χ1v) is 8.98. The van der Waals surface area contributed by atoms with Crippen molar-refractivity contribution in [2.45, 2.75) is 52.0 Å². The summed E-state index contributed by atoms with van der Waals surface area (Å²) in [5.74, 6) is -3.02. The van der Waals surface area contributed by atoms with Gasteiger partial charge in [-0.15, -0.1) is 0 Å². The van der Waals surface area contributed by atoms with Crippen molar-refractivity contribution in [2.24, 2.45) is 11.8 Å². The van der Waals surface area contributed by atoms with Crippen LogP contribution in [0.1, 0.15) is 46.0 Å². The minimum absolute atomic E-state index is 0.340. The van der Waals surface area contributed by atoms with Crippen molar-refractivity contribution >= 4 is 29.7 Å². The summed E-state index contributed by atoms with van der Waals surface area (Å²) in [6, 6.07) is -1.77. The molecular weight excluding hydrogens is 342 g/mol. The van der Waals surface area contributed by atoms with Gasteiger partial charge in [0.2, 0.25) is 11.8 Å². The van der Waals surface area contributed by atoms with Crippen LogP contribution in [0, 0.1) is 11.8 Å². The van der Waals surface area contributed by atoms with E-state index < -0.39 is 30.6 Å². The van der Waals surface area contributed by atoms with E-state index in [1.807, 2.05) is 12.2 Å². The standard InChI is InChI=1S/C17H25N3O6/c1-3-8-18-17(25)19-13(21)9-26-16(24)10(2)20-14(22)11-6-4-5-7-12(11)15(20)23/h10-12H,3-9H2,1-2H3,(H2,18,19,21,25)/t10-,11-,12-/m0/s1. The van der Waals surface area contributed by atoms with Crippen molar-refractivity contribution in [2.75, 3.05) is 13.2 Å². The van der Waals surface area contributed by atoms with Crippen molar-refractivity contribution in [3.05, 3.63) is 0 Å². The van der Waals surface area contributed by atoms with Crippen LogP contribution in [0.2, 0.25) is 0 Å². The number of amides is 5. The molecule has 0 radical (unpaired) electrons. The van der Waals surface area contributed by atoms with Crippen molar-refractivity contribution < 1.29 is 28.7 Å². The highest BCUT2D eigenvalue weighted by atomic mass is 16.5. The SMILES string of the molecule is CCCNC(=O)NC(=O)COC(=O)[C@H](C)N1C(=O)[C@H]2CCCC[C@@H]2C1=O. The van der Waals surface area contributed by atoms with E-state index >= 15 is 0 Å². The second-order valence-corrected chi connectivity index (χ2v) is 6.63. The number of esters is 1. The lowest BCUT2D eigenvalue weighted by Crippen LogP contribution is -2.46. The molecule has 0 bridgehead atoms. The molecule has 26 heavy (non-hydrogen) atoms. The van der Waals surface area contributed by atoms with E-state index in [0.717, 1.165) is 17.7 Å². The Kier molecular flexibility index (Phi) is 6.70. The van der Waals surface area contributed by atoms with E-state index in [1.54, 1.807) is 0 Å². The van der Waals surface area contributed by atoms with Crippen molar-refractivity contribution in [1.82, 2.24) is 15.5 Å². The van der Waals surface area contributed by atoms with Crippen LogP contribution in [0.25, 0.3) is 0 Å². The maximum atomic E-state index is 12.4. The van der Waals surface area contributed by atoms with Gasteiger partial charge in [-0.3, -0.25) is 24.6 Å². The minimum atomic E-state index is -1.10. The van der Waals surface area contributed by atoms with E-state index in [0.29, 0.717) is 25.8 Å². The largest absolute Gasteiger partial charge is 0.454 e. The maximum absolute atomic E-state index is 12.4. The Labute approximate surface area is 151 Å². The van der Waals surface area contributed by atoms with Gasteiger partial charge in [-0.1, -0.05) is 19.8 Å². The van der Waals surface area contributed by atoms with Crippen molar-refractivity contribution in [3.8, 4) is 0 Å². The molecule has 1 saturated carbocycles. The summed E-state index contributed by atoms with van der Waals surface area (Å²) in [7, 11) is 0. The number of carbonyl (C=O) groups excluding carboxylic acids is 5. The molecule has 1 aliphatic heterocycles. The van der Waals surface area contributed by atoms with Gasteiger partial charge in [-0.25, -0.2) is 9.59 Å². The zero-order valence-electron chi connectivity index (χ0n) is 15.1. The first-order chi connectivity index (χ1) is 12.4. The average Bonchev–Trinajstić information content (AvgIpc) is 2.88. The zero-order chi connectivity index (χ0) is 19.3. The fourth-order valence-corrected chi connectivity index (χ4v) is 3.38. The molecule has 1 saturated heterocycles. The van der Waals surface area contributed by atoms with Crippen LogP contribution in [0.4, 0.5) is 4.79 Å². The number of hydrogen-bond acceptors (Lipinski definition) is 6. The Morgan fingerprint density at radius 1 is 1.15 bits per heavy atom. The molecule has 0 aromatic carbocycles. The van der Waals surface area contributed by atoms with E-state index in [-0.39, 0.29) is 23.7 Å². The molecule has 2 rings (SSSR count). The molecule has 1 heterocycles. The third-order valence-electron chi connectivity index (χ3n) is 4.74. The number of ether oxygens (including phenoxy) is 1. The molecule has 0 aromatic heterocycles. The summed E-state index contributed by atoms with van der Waals surface area (Å²) in [6.07, 6.45) is 3.82. The Balaban J connectivity index is 1.85. The van der Waals surface area contributed by atoms with Gasteiger partial charge in [0.25, 0.3) is 5.91 Å². The van der Waals surface area contributed by atoms with Crippen LogP contribution >= 0.6 is 0 Å². The second-order valence-electron chi connectivity index (χ2n) is 6.63. The average molecular weight is 367 g/mol. The number of hydrogen-bond donors (Lipinski definition) is 2. The van der Waals surface area contributed by atoms with Crippen LogP contribution < -0.4 is 10.6 Å². The van der Waals surface area contributed by atoms with E-state index in [4.69, 9.17) is 4.74 Å². The number of likely N-dealkylation sites (tertiary alicyclic amines) is 1. The first-order valence-electron chi connectivity index (χ1n) is 8.98. The van der Waals surface area contributed by atoms with Crippen molar-refractivity contribution in [3.63, 3.8) is 0 Å². The molecule has 2 N–H and O–H groups in total. The van der Waals surface area contributed by atoms with Crippen LogP contribution in [0.15, 0.2) is 0 Å². The molecule has 9 heteroatoms. The second kappa shape index (κ2) is 8.77. The van der Waals surface area contributed by atoms with Crippen LogP contribution in [0.3, 0.4) is 0 Å². The summed E-state index contributed by atoms with van der Waals surface area (Å²) in [6.45, 7) is 3.02. The molecule has 5 amide bonds. The molecule has 144 valence electrons. The molecule has 2 aliphatic rings. The minimum Gasteiger partial charge on any atom is -0.454 e. The van der Waals surface area contributed by atoms with Gasteiger partial charge in [-0.05, 0) is 26.2 Å². The topological polar surface area (TPSA) is 122 Å². The number of imide groups is 2. The number of fused-ring (bicyclic) bond motifs is 1.